The van der Waals surface area contributed by atoms with Gasteiger partial charge in [-0.2, -0.15) is 5.10 Å². The standard InChI is InChI=1S/C12H10BrN3O/c1-15-11(4-5-14-15)16-7-8-2-3-9(13)6-10(8)12(16)17/h2-6H,7H2,1H3. The predicted molar refractivity (Wildman–Crippen MR) is 67.9 cm³/mol. The molecule has 2 heterocycles. The quantitative estimate of drug-likeness (QED) is 0.809. The zero-order valence-corrected chi connectivity index (χ0v) is 10.8. The highest BCUT2D eigenvalue weighted by molar-refractivity contribution is 9.10. The number of aromatic nitrogens is 2. The molecule has 0 fully saturated rings. The molecule has 0 unspecified atom stereocenters. The fraction of sp³-hybridized carbons (Fsp3) is 0.167. The Morgan fingerprint density at radius 1 is 1.35 bits per heavy atom. The molecule has 0 radical (unpaired) electrons. The average molecular weight is 292 g/mol. The lowest BCUT2D eigenvalue weighted by molar-refractivity contribution is 0.0995. The molecule has 0 spiro atoms. The van der Waals surface area contributed by atoms with Crippen molar-refractivity contribution in [3.05, 3.63) is 46.1 Å². The van der Waals surface area contributed by atoms with Gasteiger partial charge in [-0.05, 0) is 17.7 Å². The van der Waals surface area contributed by atoms with Gasteiger partial charge in [0.1, 0.15) is 5.82 Å². The molecule has 86 valence electrons. The number of carbonyl (C=O) groups excluding carboxylic acids is 1. The second-order valence-electron chi connectivity index (χ2n) is 4.01. The average Bonchev–Trinajstić information content (AvgIpc) is 2.84. The molecule has 1 aromatic carbocycles. The van der Waals surface area contributed by atoms with Crippen LogP contribution in [0.5, 0.6) is 0 Å². The van der Waals surface area contributed by atoms with Crippen molar-refractivity contribution in [3.8, 4) is 0 Å². The van der Waals surface area contributed by atoms with Gasteiger partial charge in [-0.3, -0.25) is 14.4 Å². The second-order valence-corrected chi connectivity index (χ2v) is 4.92. The van der Waals surface area contributed by atoms with Crippen molar-refractivity contribution in [2.45, 2.75) is 6.54 Å². The number of benzene rings is 1. The van der Waals surface area contributed by atoms with Crippen LogP contribution in [-0.2, 0) is 13.6 Å². The molecule has 1 aliphatic heterocycles. The smallest absolute Gasteiger partial charge is 0.260 e. The lowest BCUT2D eigenvalue weighted by Gasteiger charge is -2.14. The molecular formula is C12H10BrN3O. The minimum Gasteiger partial charge on any atom is -0.288 e. The fourth-order valence-electron chi connectivity index (χ4n) is 2.09. The number of halogens is 1. The molecule has 1 aromatic heterocycles. The molecule has 4 nitrogen and oxygen atoms in total. The van der Waals surface area contributed by atoms with Crippen molar-refractivity contribution in [2.24, 2.45) is 7.05 Å². The molecule has 0 atom stereocenters. The Hall–Kier alpha value is -1.62. The van der Waals surface area contributed by atoms with Gasteiger partial charge in [0.05, 0.1) is 12.7 Å². The highest BCUT2D eigenvalue weighted by Gasteiger charge is 2.29. The largest absolute Gasteiger partial charge is 0.288 e. The summed E-state index contributed by atoms with van der Waals surface area (Å²) in [4.78, 5) is 14.0. The minimum atomic E-state index is 0.0323. The number of aryl methyl sites for hydroxylation is 1. The number of hydrogen-bond donors (Lipinski definition) is 0. The fourth-order valence-corrected chi connectivity index (χ4v) is 2.45. The summed E-state index contributed by atoms with van der Waals surface area (Å²) in [6.07, 6.45) is 1.70. The summed E-state index contributed by atoms with van der Waals surface area (Å²) in [7, 11) is 1.83. The van der Waals surface area contributed by atoms with Gasteiger partial charge in [0, 0.05) is 23.2 Å². The Balaban J connectivity index is 2.05. The number of nitrogens with zero attached hydrogens (tertiary/aromatic N) is 3. The summed E-state index contributed by atoms with van der Waals surface area (Å²) in [6, 6.07) is 7.65. The van der Waals surface area contributed by atoms with Gasteiger partial charge in [-0.1, -0.05) is 22.0 Å². The van der Waals surface area contributed by atoms with Gasteiger partial charge in [0.15, 0.2) is 0 Å². The van der Waals surface area contributed by atoms with Crippen LogP contribution in [0.15, 0.2) is 34.9 Å². The van der Waals surface area contributed by atoms with Crippen LogP contribution in [0, 0.1) is 0 Å². The van der Waals surface area contributed by atoms with E-state index in [9.17, 15) is 4.79 Å². The summed E-state index contributed by atoms with van der Waals surface area (Å²) in [5.41, 5.74) is 1.82. The van der Waals surface area contributed by atoms with Crippen LogP contribution in [0.4, 0.5) is 5.82 Å². The molecule has 0 saturated carbocycles. The van der Waals surface area contributed by atoms with Gasteiger partial charge in [0.2, 0.25) is 0 Å². The molecule has 3 rings (SSSR count). The molecule has 2 aromatic rings. The van der Waals surface area contributed by atoms with E-state index in [-0.39, 0.29) is 5.91 Å². The van der Waals surface area contributed by atoms with E-state index < -0.39 is 0 Å². The molecule has 17 heavy (non-hydrogen) atoms. The lowest BCUT2D eigenvalue weighted by Crippen LogP contribution is -2.25. The summed E-state index contributed by atoms with van der Waals surface area (Å²) in [5.74, 6) is 0.854. The molecule has 0 aliphatic carbocycles. The van der Waals surface area contributed by atoms with Crippen LogP contribution in [-0.4, -0.2) is 15.7 Å². The highest BCUT2D eigenvalue weighted by atomic mass is 79.9. The molecular weight excluding hydrogens is 282 g/mol. The monoisotopic (exact) mass is 291 g/mol. The van der Waals surface area contributed by atoms with Crippen molar-refractivity contribution in [1.82, 2.24) is 9.78 Å². The van der Waals surface area contributed by atoms with Crippen molar-refractivity contribution in [1.29, 1.82) is 0 Å². The summed E-state index contributed by atoms with van der Waals surface area (Å²) in [6.45, 7) is 0.612. The third-order valence-electron chi connectivity index (χ3n) is 2.95. The predicted octanol–water partition coefficient (Wildman–Crippen LogP) is 2.34. The van der Waals surface area contributed by atoms with E-state index in [0.717, 1.165) is 21.4 Å². The summed E-state index contributed by atoms with van der Waals surface area (Å²) < 4.78 is 2.63. The molecule has 5 heteroatoms. The van der Waals surface area contributed by atoms with Gasteiger partial charge >= 0.3 is 0 Å². The number of rotatable bonds is 1. The van der Waals surface area contributed by atoms with Gasteiger partial charge in [-0.15, -0.1) is 0 Å². The zero-order valence-electron chi connectivity index (χ0n) is 9.22. The molecule has 1 amide bonds. The topological polar surface area (TPSA) is 38.1 Å². The third kappa shape index (κ3) is 1.58. The number of hydrogen-bond acceptors (Lipinski definition) is 2. The zero-order chi connectivity index (χ0) is 12.0. The Kier molecular flexibility index (Phi) is 2.29. The first kappa shape index (κ1) is 10.5. The van der Waals surface area contributed by atoms with Gasteiger partial charge < -0.3 is 0 Å². The van der Waals surface area contributed by atoms with Crippen LogP contribution in [0.1, 0.15) is 15.9 Å². The van der Waals surface area contributed by atoms with E-state index in [2.05, 4.69) is 21.0 Å². The first-order valence-corrected chi connectivity index (χ1v) is 6.04. The van der Waals surface area contributed by atoms with E-state index in [1.54, 1.807) is 15.8 Å². The van der Waals surface area contributed by atoms with E-state index >= 15 is 0 Å². The number of amides is 1. The summed E-state index contributed by atoms with van der Waals surface area (Å²) >= 11 is 3.39. The third-order valence-corrected chi connectivity index (χ3v) is 3.44. The lowest BCUT2D eigenvalue weighted by atomic mass is 10.1. The van der Waals surface area contributed by atoms with E-state index in [1.165, 1.54) is 0 Å². The van der Waals surface area contributed by atoms with Crippen LogP contribution in [0.2, 0.25) is 0 Å². The highest BCUT2D eigenvalue weighted by Crippen LogP contribution is 2.29. The maximum atomic E-state index is 12.3. The van der Waals surface area contributed by atoms with Crippen LogP contribution >= 0.6 is 15.9 Å². The molecule has 1 aliphatic rings. The van der Waals surface area contributed by atoms with Crippen molar-refractivity contribution in [3.63, 3.8) is 0 Å². The maximum absolute atomic E-state index is 12.3. The molecule has 0 saturated heterocycles. The Labute approximate surface area is 107 Å². The SMILES string of the molecule is Cn1nccc1N1Cc2ccc(Br)cc2C1=O. The minimum absolute atomic E-state index is 0.0323. The maximum Gasteiger partial charge on any atom is 0.260 e. The van der Waals surface area contributed by atoms with Crippen LogP contribution in [0.25, 0.3) is 0 Å². The van der Waals surface area contributed by atoms with Crippen molar-refractivity contribution in [2.75, 3.05) is 4.90 Å². The van der Waals surface area contributed by atoms with E-state index in [4.69, 9.17) is 0 Å². The van der Waals surface area contributed by atoms with Gasteiger partial charge in [-0.25, -0.2) is 0 Å². The van der Waals surface area contributed by atoms with E-state index in [0.29, 0.717) is 6.54 Å². The van der Waals surface area contributed by atoms with Crippen molar-refractivity contribution >= 4 is 27.7 Å². The Bertz CT molecular complexity index is 606. The van der Waals surface area contributed by atoms with Crippen LogP contribution < -0.4 is 4.90 Å². The number of carbonyl (C=O) groups is 1. The molecule has 0 bridgehead atoms. The Morgan fingerprint density at radius 2 is 2.18 bits per heavy atom. The molecule has 0 N–H and O–H groups in total. The summed E-state index contributed by atoms with van der Waals surface area (Å²) in [5, 5.41) is 4.09. The number of fused-ring (bicyclic) bond motifs is 1. The van der Waals surface area contributed by atoms with Crippen molar-refractivity contribution < 1.29 is 4.79 Å². The second kappa shape index (κ2) is 3.70. The first-order chi connectivity index (χ1) is 8.16. The first-order valence-electron chi connectivity index (χ1n) is 5.25. The number of anilines is 1. The van der Waals surface area contributed by atoms with Crippen LogP contribution in [0.3, 0.4) is 0 Å². The Morgan fingerprint density at radius 3 is 2.88 bits per heavy atom. The van der Waals surface area contributed by atoms with Gasteiger partial charge in [0.25, 0.3) is 5.91 Å². The van der Waals surface area contributed by atoms with E-state index in [1.807, 2.05) is 31.3 Å². The normalized spacial score (nSPS) is 14.2.